The van der Waals surface area contributed by atoms with Gasteiger partial charge in [-0.2, -0.15) is 0 Å². The van der Waals surface area contributed by atoms with E-state index in [-0.39, 0.29) is 17.7 Å². The van der Waals surface area contributed by atoms with E-state index in [9.17, 15) is 4.79 Å². The number of rotatable bonds is 2. The lowest BCUT2D eigenvalue weighted by Crippen LogP contribution is -2.27. The Morgan fingerprint density at radius 1 is 1.41 bits per heavy atom. The largest absolute Gasteiger partial charge is 0.275 e. The third kappa shape index (κ3) is 2.86. The molecule has 0 radical (unpaired) electrons. The zero-order valence-electron chi connectivity index (χ0n) is 10.0. The Balaban J connectivity index is 1.93. The highest BCUT2D eigenvalue weighted by Crippen LogP contribution is 2.39. The minimum Gasteiger partial charge on any atom is -0.275 e. The van der Waals surface area contributed by atoms with Crippen molar-refractivity contribution in [3.8, 4) is 11.8 Å². The molecule has 3 nitrogen and oxygen atoms in total. The highest BCUT2D eigenvalue weighted by Gasteiger charge is 2.43. The van der Waals surface area contributed by atoms with Crippen molar-refractivity contribution < 1.29 is 9.63 Å². The predicted molar refractivity (Wildman–Crippen MR) is 64.7 cm³/mol. The van der Waals surface area contributed by atoms with Gasteiger partial charge in [-0.3, -0.25) is 9.63 Å². The molecule has 1 aliphatic rings. The Hall–Kier alpha value is -1.79. The molecule has 0 aromatic heterocycles. The number of hydrogen-bond acceptors (Lipinski definition) is 2. The Bertz CT molecular complexity index is 458. The van der Waals surface area contributed by atoms with Crippen LogP contribution in [0, 0.1) is 23.7 Å². The van der Waals surface area contributed by atoms with E-state index in [1.807, 2.05) is 30.3 Å². The van der Waals surface area contributed by atoms with Gasteiger partial charge in [0, 0.05) is 18.5 Å². The van der Waals surface area contributed by atoms with Crippen molar-refractivity contribution in [1.29, 1.82) is 0 Å². The molecule has 1 aliphatic carbocycles. The summed E-state index contributed by atoms with van der Waals surface area (Å²) in [5.41, 5.74) is 0.991. The Morgan fingerprint density at radius 2 is 2.12 bits per heavy atom. The average molecular weight is 229 g/mol. The smallest absolute Gasteiger partial charge is 0.250 e. The molecule has 0 heterocycles. The lowest BCUT2D eigenvalue weighted by molar-refractivity contribution is -0.170. The standard InChI is InChI=1S/C14H15NO2/c1-15(17-2)14(16)13-10-12(13)9-8-11-6-4-3-5-7-11/h3-7,12-13H,10H2,1-2H3/t12-,13+/m0/s1. The van der Waals surface area contributed by atoms with Crippen LogP contribution >= 0.6 is 0 Å². The molecular weight excluding hydrogens is 214 g/mol. The van der Waals surface area contributed by atoms with Crippen LogP contribution in [0.3, 0.4) is 0 Å². The normalized spacial score (nSPS) is 21.3. The summed E-state index contributed by atoms with van der Waals surface area (Å²) in [5.74, 6) is 6.42. The van der Waals surface area contributed by atoms with Gasteiger partial charge in [-0.05, 0) is 18.6 Å². The Labute approximate surface area is 101 Å². The lowest BCUT2D eigenvalue weighted by Gasteiger charge is -2.12. The summed E-state index contributed by atoms with van der Waals surface area (Å²) in [6.07, 6.45) is 0.840. The molecule has 0 saturated heterocycles. The minimum atomic E-state index is 0.0103. The van der Waals surface area contributed by atoms with E-state index in [1.165, 1.54) is 12.2 Å². The van der Waals surface area contributed by atoms with Crippen LogP contribution < -0.4 is 0 Å². The van der Waals surface area contributed by atoms with Gasteiger partial charge in [-0.1, -0.05) is 30.0 Å². The highest BCUT2D eigenvalue weighted by atomic mass is 16.7. The zero-order chi connectivity index (χ0) is 12.3. The first kappa shape index (κ1) is 11.7. The molecule has 1 saturated carbocycles. The van der Waals surface area contributed by atoms with Crippen LogP contribution in [0.5, 0.6) is 0 Å². The number of amides is 1. The summed E-state index contributed by atoms with van der Waals surface area (Å²) in [7, 11) is 3.12. The number of benzene rings is 1. The average Bonchev–Trinajstić information content (AvgIpc) is 3.15. The lowest BCUT2D eigenvalue weighted by atomic mass is 10.2. The third-order valence-corrected chi connectivity index (χ3v) is 2.87. The first-order valence-corrected chi connectivity index (χ1v) is 5.60. The second-order valence-corrected chi connectivity index (χ2v) is 4.10. The van der Waals surface area contributed by atoms with Crippen molar-refractivity contribution in [1.82, 2.24) is 5.06 Å². The van der Waals surface area contributed by atoms with Gasteiger partial charge in [0.1, 0.15) is 0 Å². The molecule has 88 valence electrons. The highest BCUT2D eigenvalue weighted by molar-refractivity contribution is 5.81. The second kappa shape index (κ2) is 5.03. The molecule has 1 fully saturated rings. The van der Waals surface area contributed by atoms with Crippen LogP contribution in [-0.2, 0) is 9.63 Å². The predicted octanol–water partition coefficient (Wildman–Crippen LogP) is 1.69. The fourth-order valence-corrected chi connectivity index (χ4v) is 1.65. The van der Waals surface area contributed by atoms with Crippen LogP contribution in [0.1, 0.15) is 12.0 Å². The van der Waals surface area contributed by atoms with Crippen molar-refractivity contribution in [2.75, 3.05) is 14.2 Å². The number of hydroxylamine groups is 2. The third-order valence-electron chi connectivity index (χ3n) is 2.87. The van der Waals surface area contributed by atoms with E-state index in [0.717, 1.165) is 12.0 Å². The topological polar surface area (TPSA) is 29.5 Å². The van der Waals surface area contributed by atoms with Crippen molar-refractivity contribution >= 4 is 5.91 Å². The first-order chi connectivity index (χ1) is 8.22. The maximum atomic E-state index is 11.7. The fraction of sp³-hybridized carbons (Fsp3) is 0.357. The second-order valence-electron chi connectivity index (χ2n) is 4.10. The van der Waals surface area contributed by atoms with Gasteiger partial charge in [0.2, 0.25) is 5.91 Å². The molecule has 0 unspecified atom stereocenters. The quantitative estimate of drug-likeness (QED) is 0.570. The van der Waals surface area contributed by atoms with Crippen molar-refractivity contribution in [2.45, 2.75) is 6.42 Å². The van der Waals surface area contributed by atoms with E-state index >= 15 is 0 Å². The summed E-state index contributed by atoms with van der Waals surface area (Å²) in [5, 5.41) is 1.27. The molecule has 0 bridgehead atoms. The van der Waals surface area contributed by atoms with Gasteiger partial charge in [-0.25, -0.2) is 5.06 Å². The van der Waals surface area contributed by atoms with E-state index in [0.29, 0.717) is 0 Å². The van der Waals surface area contributed by atoms with Crippen LogP contribution in [-0.4, -0.2) is 25.1 Å². The molecule has 0 spiro atoms. The summed E-state index contributed by atoms with van der Waals surface area (Å²) >= 11 is 0. The van der Waals surface area contributed by atoms with Gasteiger partial charge < -0.3 is 0 Å². The van der Waals surface area contributed by atoms with E-state index in [2.05, 4.69) is 11.8 Å². The van der Waals surface area contributed by atoms with Crippen molar-refractivity contribution in [3.05, 3.63) is 35.9 Å². The number of nitrogens with zero attached hydrogens (tertiary/aromatic N) is 1. The molecule has 2 atom stereocenters. The number of carbonyl (C=O) groups excluding carboxylic acids is 1. The zero-order valence-corrected chi connectivity index (χ0v) is 10.0. The van der Waals surface area contributed by atoms with Crippen LogP contribution in [0.15, 0.2) is 30.3 Å². The summed E-state index contributed by atoms with van der Waals surface area (Å²) in [6, 6.07) is 9.81. The fourth-order valence-electron chi connectivity index (χ4n) is 1.65. The van der Waals surface area contributed by atoms with Gasteiger partial charge in [0.25, 0.3) is 0 Å². The maximum absolute atomic E-state index is 11.7. The SMILES string of the molecule is CON(C)C(=O)[C@@H]1C[C@@H]1C#Cc1ccccc1. The van der Waals surface area contributed by atoms with E-state index in [4.69, 9.17) is 4.84 Å². The van der Waals surface area contributed by atoms with Crippen molar-refractivity contribution in [3.63, 3.8) is 0 Å². The number of carbonyl (C=O) groups is 1. The molecule has 1 aromatic carbocycles. The van der Waals surface area contributed by atoms with Gasteiger partial charge in [-0.15, -0.1) is 0 Å². The summed E-state index contributed by atoms with van der Waals surface area (Å²) in [6.45, 7) is 0. The van der Waals surface area contributed by atoms with Gasteiger partial charge in [0.15, 0.2) is 0 Å². The summed E-state index contributed by atoms with van der Waals surface area (Å²) < 4.78 is 0. The van der Waals surface area contributed by atoms with Crippen LogP contribution in [0.4, 0.5) is 0 Å². The summed E-state index contributed by atoms with van der Waals surface area (Å²) in [4.78, 5) is 16.6. The van der Waals surface area contributed by atoms with Gasteiger partial charge >= 0.3 is 0 Å². The molecule has 17 heavy (non-hydrogen) atoms. The van der Waals surface area contributed by atoms with Crippen molar-refractivity contribution in [2.24, 2.45) is 11.8 Å². The van der Waals surface area contributed by atoms with E-state index in [1.54, 1.807) is 7.05 Å². The van der Waals surface area contributed by atoms with Crippen LogP contribution in [0.25, 0.3) is 0 Å². The maximum Gasteiger partial charge on any atom is 0.250 e. The Morgan fingerprint density at radius 3 is 2.76 bits per heavy atom. The minimum absolute atomic E-state index is 0.0103. The van der Waals surface area contributed by atoms with Crippen LogP contribution in [0.2, 0.25) is 0 Å². The van der Waals surface area contributed by atoms with E-state index < -0.39 is 0 Å². The molecule has 1 amide bonds. The molecule has 1 aromatic rings. The first-order valence-electron chi connectivity index (χ1n) is 5.60. The molecule has 0 aliphatic heterocycles. The van der Waals surface area contributed by atoms with Gasteiger partial charge in [0.05, 0.1) is 13.0 Å². The Kier molecular flexibility index (Phi) is 3.46. The number of hydrogen-bond donors (Lipinski definition) is 0. The monoisotopic (exact) mass is 229 g/mol. The molecular formula is C14H15NO2. The molecule has 0 N–H and O–H groups in total. The molecule has 2 rings (SSSR count). The molecule has 3 heteroatoms.